The number of nitrogens with zero attached hydrogens (tertiary/aromatic N) is 4. The fourth-order valence-electron chi connectivity index (χ4n) is 3.23. The second-order valence-electron chi connectivity index (χ2n) is 6.64. The van der Waals surface area contributed by atoms with E-state index in [1.807, 2.05) is 22.9 Å². The lowest BCUT2D eigenvalue weighted by atomic mass is 10.1. The Hall–Kier alpha value is -3.35. The molecule has 144 valence electrons. The molecule has 28 heavy (non-hydrogen) atoms. The summed E-state index contributed by atoms with van der Waals surface area (Å²) in [4.78, 5) is 12.8. The van der Waals surface area contributed by atoms with Crippen LogP contribution < -0.4 is 15.4 Å². The van der Waals surface area contributed by atoms with Gasteiger partial charge >= 0.3 is 0 Å². The molecule has 0 saturated heterocycles. The summed E-state index contributed by atoms with van der Waals surface area (Å²) in [5.74, 6) is 2.66. The number of fused-ring (bicyclic) bond motifs is 1. The highest BCUT2D eigenvalue weighted by molar-refractivity contribution is 5.79. The van der Waals surface area contributed by atoms with Gasteiger partial charge in [-0.25, -0.2) is 9.97 Å². The van der Waals surface area contributed by atoms with Crippen LogP contribution >= 0.6 is 0 Å². The molecule has 0 spiro atoms. The molecule has 0 saturated carbocycles. The topological polar surface area (TPSA) is 76.4 Å². The van der Waals surface area contributed by atoms with Crippen LogP contribution in [0.3, 0.4) is 0 Å². The molecule has 0 unspecified atom stereocenters. The molecule has 3 aromatic rings. The molecule has 1 aliphatic rings. The first-order valence-corrected chi connectivity index (χ1v) is 9.44. The first kappa shape index (κ1) is 18.0. The Labute approximate surface area is 164 Å². The van der Waals surface area contributed by atoms with Gasteiger partial charge in [-0.05, 0) is 41.3 Å². The van der Waals surface area contributed by atoms with E-state index in [0.717, 1.165) is 49.1 Å². The fraction of sp³-hybridized carbons (Fsp3) is 0.286. The standard InChI is InChI=1S/C21H24N6O/c1-22-21(25-8-4-16-2-3-19-18(12-16)6-11-28-19)26-14-17-5-7-24-20(13-17)27-10-9-23-15-27/h2-3,5,7,9-10,12-13,15H,4,6,8,11,14H2,1H3,(H2,22,25,26). The number of nitrogens with one attached hydrogen (secondary N) is 2. The van der Waals surface area contributed by atoms with E-state index in [2.05, 4.69) is 43.8 Å². The third kappa shape index (κ3) is 4.31. The van der Waals surface area contributed by atoms with Crippen molar-refractivity contribution in [3.63, 3.8) is 0 Å². The van der Waals surface area contributed by atoms with Crippen molar-refractivity contribution in [1.29, 1.82) is 0 Å². The predicted molar refractivity (Wildman–Crippen MR) is 109 cm³/mol. The minimum absolute atomic E-state index is 0.667. The number of rotatable bonds is 6. The number of hydrogen-bond acceptors (Lipinski definition) is 4. The van der Waals surface area contributed by atoms with Gasteiger partial charge in [-0.1, -0.05) is 12.1 Å². The van der Waals surface area contributed by atoms with Gasteiger partial charge in [-0.2, -0.15) is 0 Å². The number of ether oxygens (including phenoxy) is 1. The van der Waals surface area contributed by atoms with Gasteiger partial charge in [0.25, 0.3) is 0 Å². The zero-order valence-corrected chi connectivity index (χ0v) is 15.9. The highest BCUT2D eigenvalue weighted by Gasteiger charge is 2.11. The lowest BCUT2D eigenvalue weighted by Crippen LogP contribution is -2.37. The van der Waals surface area contributed by atoms with Crippen LogP contribution in [0, 0.1) is 0 Å². The molecule has 4 rings (SSSR count). The van der Waals surface area contributed by atoms with E-state index >= 15 is 0 Å². The summed E-state index contributed by atoms with van der Waals surface area (Å²) in [5.41, 5.74) is 3.75. The van der Waals surface area contributed by atoms with Crippen molar-refractivity contribution in [2.24, 2.45) is 4.99 Å². The van der Waals surface area contributed by atoms with Crippen LogP contribution in [0.5, 0.6) is 5.75 Å². The Morgan fingerprint density at radius 3 is 3.00 bits per heavy atom. The largest absolute Gasteiger partial charge is 0.493 e. The van der Waals surface area contributed by atoms with Crippen molar-refractivity contribution < 1.29 is 4.74 Å². The van der Waals surface area contributed by atoms with Crippen molar-refractivity contribution in [3.05, 3.63) is 71.9 Å². The predicted octanol–water partition coefficient (Wildman–Crippen LogP) is 2.11. The van der Waals surface area contributed by atoms with Gasteiger partial charge in [-0.15, -0.1) is 0 Å². The molecule has 2 N–H and O–H groups in total. The van der Waals surface area contributed by atoms with Crippen LogP contribution in [0.2, 0.25) is 0 Å². The number of benzene rings is 1. The van der Waals surface area contributed by atoms with Gasteiger partial charge in [0.05, 0.1) is 6.61 Å². The molecule has 0 bridgehead atoms. The number of hydrogen-bond donors (Lipinski definition) is 2. The number of pyridine rings is 1. The van der Waals surface area contributed by atoms with Crippen LogP contribution in [0.25, 0.3) is 5.82 Å². The summed E-state index contributed by atoms with van der Waals surface area (Å²) in [6, 6.07) is 10.5. The minimum Gasteiger partial charge on any atom is -0.493 e. The number of aliphatic imine (C=N–C) groups is 1. The summed E-state index contributed by atoms with van der Waals surface area (Å²) >= 11 is 0. The number of aromatic nitrogens is 3. The normalized spacial score (nSPS) is 13.1. The maximum atomic E-state index is 5.57. The Kier molecular flexibility index (Phi) is 5.51. The number of imidazole rings is 1. The molecule has 3 heterocycles. The average molecular weight is 376 g/mol. The summed E-state index contributed by atoms with van der Waals surface area (Å²) in [5, 5.41) is 6.73. The van der Waals surface area contributed by atoms with E-state index in [4.69, 9.17) is 4.74 Å². The van der Waals surface area contributed by atoms with E-state index in [9.17, 15) is 0 Å². The molecule has 0 atom stereocenters. The highest BCUT2D eigenvalue weighted by atomic mass is 16.5. The molecule has 0 radical (unpaired) electrons. The second kappa shape index (κ2) is 8.56. The summed E-state index contributed by atoms with van der Waals surface area (Å²) in [7, 11) is 1.78. The van der Waals surface area contributed by atoms with E-state index in [1.165, 1.54) is 11.1 Å². The Bertz CT molecular complexity index is 951. The van der Waals surface area contributed by atoms with Gasteiger partial charge in [0.15, 0.2) is 5.96 Å². The summed E-state index contributed by atoms with van der Waals surface area (Å²) in [6.45, 7) is 2.28. The molecule has 0 amide bonds. The van der Waals surface area contributed by atoms with Gasteiger partial charge in [0.1, 0.15) is 17.9 Å². The lowest BCUT2D eigenvalue weighted by Gasteiger charge is -2.13. The molecule has 7 heteroatoms. The monoisotopic (exact) mass is 376 g/mol. The van der Waals surface area contributed by atoms with Crippen molar-refractivity contribution in [1.82, 2.24) is 25.2 Å². The van der Waals surface area contributed by atoms with Crippen molar-refractivity contribution in [3.8, 4) is 11.6 Å². The SMILES string of the molecule is CN=C(NCCc1ccc2c(c1)CCO2)NCc1ccnc(-n2ccnc2)c1. The Morgan fingerprint density at radius 2 is 2.14 bits per heavy atom. The minimum atomic E-state index is 0.667. The van der Waals surface area contributed by atoms with Crippen LogP contribution in [0.1, 0.15) is 16.7 Å². The molecular weight excluding hydrogens is 352 g/mol. The van der Waals surface area contributed by atoms with E-state index < -0.39 is 0 Å². The maximum Gasteiger partial charge on any atom is 0.191 e. The quantitative estimate of drug-likeness (QED) is 0.509. The van der Waals surface area contributed by atoms with E-state index in [-0.39, 0.29) is 0 Å². The van der Waals surface area contributed by atoms with E-state index in [0.29, 0.717) is 6.54 Å². The zero-order chi connectivity index (χ0) is 19.2. The average Bonchev–Trinajstić information content (AvgIpc) is 3.42. The van der Waals surface area contributed by atoms with Crippen LogP contribution in [-0.2, 0) is 19.4 Å². The summed E-state index contributed by atoms with van der Waals surface area (Å²) in [6.07, 6.45) is 9.11. The van der Waals surface area contributed by atoms with Gasteiger partial charge in [0.2, 0.25) is 0 Å². The van der Waals surface area contributed by atoms with Gasteiger partial charge in [-0.3, -0.25) is 9.56 Å². The first-order valence-electron chi connectivity index (χ1n) is 9.44. The van der Waals surface area contributed by atoms with Crippen molar-refractivity contribution >= 4 is 5.96 Å². The second-order valence-corrected chi connectivity index (χ2v) is 6.64. The summed E-state index contributed by atoms with van der Waals surface area (Å²) < 4.78 is 7.45. The van der Waals surface area contributed by atoms with Crippen LogP contribution in [0.4, 0.5) is 0 Å². The van der Waals surface area contributed by atoms with E-state index in [1.54, 1.807) is 25.8 Å². The smallest absolute Gasteiger partial charge is 0.191 e. The third-order valence-corrected chi connectivity index (χ3v) is 4.72. The van der Waals surface area contributed by atoms with Gasteiger partial charge in [0, 0.05) is 45.1 Å². The number of guanidine groups is 1. The molecule has 0 fully saturated rings. The maximum absolute atomic E-state index is 5.57. The highest BCUT2D eigenvalue weighted by Crippen LogP contribution is 2.25. The molecule has 7 nitrogen and oxygen atoms in total. The molecular formula is C21H24N6O. The molecule has 1 aromatic carbocycles. The lowest BCUT2D eigenvalue weighted by molar-refractivity contribution is 0.357. The Balaban J connectivity index is 1.28. The van der Waals surface area contributed by atoms with Crippen molar-refractivity contribution in [2.45, 2.75) is 19.4 Å². The Morgan fingerprint density at radius 1 is 1.18 bits per heavy atom. The molecule has 2 aromatic heterocycles. The molecule has 1 aliphatic heterocycles. The van der Waals surface area contributed by atoms with Crippen LogP contribution in [0.15, 0.2) is 60.2 Å². The zero-order valence-electron chi connectivity index (χ0n) is 15.9. The molecule has 0 aliphatic carbocycles. The fourth-order valence-corrected chi connectivity index (χ4v) is 3.23. The first-order chi connectivity index (χ1) is 13.8. The third-order valence-electron chi connectivity index (χ3n) is 4.72. The van der Waals surface area contributed by atoms with Crippen LogP contribution in [-0.4, -0.2) is 40.7 Å². The van der Waals surface area contributed by atoms with Crippen molar-refractivity contribution in [2.75, 3.05) is 20.2 Å². The van der Waals surface area contributed by atoms with Gasteiger partial charge < -0.3 is 15.4 Å².